The number of carbonyl (C=O) groups is 1. The molecule has 0 aliphatic carbocycles. The summed E-state index contributed by atoms with van der Waals surface area (Å²) in [4.78, 5) is 10.8. The van der Waals surface area contributed by atoms with Crippen molar-refractivity contribution in [1.29, 1.82) is 0 Å². The van der Waals surface area contributed by atoms with Gasteiger partial charge in [0.2, 0.25) is 5.91 Å². The maximum absolute atomic E-state index is 10.8. The molecule has 0 radical (unpaired) electrons. The summed E-state index contributed by atoms with van der Waals surface area (Å²) in [6.45, 7) is 1.00. The Hall–Kier alpha value is -0.740. The molecular formula is C8H15NO7S. The van der Waals surface area contributed by atoms with E-state index in [1.54, 1.807) is 0 Å². The summed E-state index contributed by atoms with van der Waals surface area (Å²) in [7, 11) is -4.50. The molecule has 0 aromatic heterocycles. The first kappa shape index (κ1) is 14.3. The highest BCUT2D eigenvalue weighted by molar-refractivity contribution is 7.80. The van der Waals surface area contributed by atoms with E-state index in [1.165, 1.54) is 6.92 Å². The first-order chi connectivity index (χ1) is 7.78. The minimum atomic E-state index is -4.50. The molecule has 1 aliphatic rings. The highest BCUT2D eigenvalue weighted by Crippen LogP contribution is 2.15. The van der Waals surface area contributed by atoms with E-state index in [9.17, 15) is 18.3 Å². The van der Waals surface area contributed by atoms with E-state index in [0.717, 1.165) is 0 Å². The molecular weight excluding hydrogens is 254 g/mol. The maximum atomic E-state index is 10.8. The minimum absolute atomic E-state index is 0.0558. The van der Waals surface area contributed by atoms with Crippen molar-refractivity contribution in [1.82, 2.24) is 5.32 Å². The van der Waals surface area contributed by atoms with Crippen LogP contribution in [0.2, 0.25) is 0 Å². The largest absolute Gasteiger partial charge is 0.397 e. The summed E-state index contributed by atoms with van der Waals surface area (Å²) in [5.74, 6) is -0.287. The molecule has 1 saturated heterocycles. The molecule has 1 fully saturated rings. The highest BCUT2D eigenvalue weighted by atomic mass is 32.3. The lowest BCUT2D eigenvalue weighted by Gasteiger charge is -2.33. The van der Waals surface area contributed by atoms with E-state index < -0.39 is 28.6 Å². The van der Waals surface area contributed by atoms with Gasteiger partial charge >= 0.3 is 10.4 Å². The van der Waals surface area contributed by atoms with Crippen LogP contribution in [0.4, 0.5) is 0 Å². The Labute approximate surface area is 98.9 Å². The third-order valence-electron chi connectivity index (χ3n) is 2.27. The molecule has 1 heterocycles. The molecule has 0 aromatic carbocycles. The Kier molecular flexibility index (Phi) is 4.83. The molecule has 1 aliphatic heterocycles. The molecule has 2 unspecified atom stereocenters. The van der Waals surface area contributed by atoms with Crippen molar-refractivity contribution in [3.63, 3.8) is 0 Å². The van der Waals surface area contributed by atoms with E-state index in [1.807, 2.05) is 0 Å². The van der Waals surface area contributed by atoms with Crippen LogP contribution >= 0.6 is 0 Å². The SMILES string of the molecule is CC(=O)NC1COC(COS(=O)(=O)O)C[C@@H]1O. The van der Waals surface area contributed by atoms with Crippen LogP contribution < -0.4 is 5.32 Å². The second-order valence-corrected chi connectivity index (χ2v) is 4.87. The zero-order valence-corrected chi connectivity index (χ0v) is 10.0. The maximum Gasteiger partial charge on any atom is 0.397 e. The van der Waals surface area contributed by atoms with Gasteiger partial charge in [-0.1, -0.05) is 0 Å². The van der Waals surface area contributed by atoms with Gasteiger partial charge in [-0.25, -0.2) is 4.18 Å². The summed E-state index contributed by atoms with van der Waals surface area (Å²) >= 11 is 0. The standard InChI is InChI=1S/C8H15NO7S/c1-5(10)9-7-4-15-6(2-8(7)11)3-16-17(12,13)14/h6-8,11H,2-4H2,1H3,(H,9,10)(H,12,13,14)/t6?,7?,8-/m0/s1. The Morgan fingerprint density at radius 3 is 2.71 bits per heavy atom. The van der Waals surface area contributed by atoms with Crippen molar-refractivity contribution in [2.24, 2.45) is 0 Å². The van der Waals surface area contributed by atoms with Gasteiger partial charge in [0.25, 0.3) is 0 Å². The van der Waals surface area contributed by atoms with Crippen LogP contribution in [0.1, 0.15) is 13.3 Å². The van der Waals surface area contributed by atoms with Crippen LogP contribution in [0, 0.1) is 0 Å². The van der Waals surface area contributed by atoms with Gasteiger partial charge in [-0.15, -0.1) is 0 Å². The summed E-state index contributed by atoms with van der Waals surface area (Å²) in [5, 5.41) is 12.2. The first-order valence-corrected chi connectivity index (χ1v) is 6.33. The Balaban J connectivity index is 2.39. The van der Waals surface area contributed by atoms with E-state index >= 15 is 0 Å². The molecule has 1 rings (SSSR count). The molecule has 17 heavy (non-hydrogen) atoms. The third-order valence-corrected chi connectivity index (χ3v) is 2.71. The molecule has 0 saturated carbocycles. The summed E-state index contributed by atoms with van der Waals surface area (Å²) in [6, 6.07) is -0.519. The average Bonchev–Trinajstić information content (AvgIpc) is 2.17. The van der Waals surface area contributed by atoms with Gasteiger partial charge < -0.3 is 15.2 Å². The molecule has 3 N–H and O–H groups in total. The fraction of sp³-hybridized carbons (Fsp3) is 0.875. The predicted octanol–water partition coefficient (Wildman–Crippen LogP) is -1.54. The van der Waals surface area contributed by atoms with Crippen LogP contribution in [0.5, 0.6) is 0 Å². The number of aliphatic hydroxyl groups excluding tert-OH is 1. The number of rotatable bonds is 4. The van der Waals surface area contributed by atoms with Crippen molar-refractivity contribution < 1.29 is 31.8 Å². The van der Waals surface area contributed by atoms with Gasteiger partial charge in [-0.05, 0) is 0 Å². The first-order valence-electron chi connectivity index (χ1n) is 4.96. The lowest BCUT2D eigenvalue weighted by molar-refractivity contribution is -0.125. The van der Waals surface area contributed by atoms with Gasteiger partial charge in [0.1, 0.15) is 0 Å². The third kappa shape index (κ3) is 5.41. The number of aliphatic hydroxyl groups is 1. The van der Waals surface area contributed by atoms with E-state index in [-0.39, 0.29) is 25.5 Å². The van der Waals surface area contributed by atoms with Crippen LogP contribution in [0.25, 0.3) is 0 Å². The smallest absolute Gasteiger partial charge is 0.391 e. The molecule has 0 spiro atoms. The molecule has 0 bridgehead atoms. The monoisotopic (exact) mass is 269 g/mol. The quantitative estimate of drug-likeness (QED) is 0.529. The fourth-order valence-electron chi connectivity index (χ4n) is 1.53. The number of carbonyl (C=O) groups excluding carboxylic acids is 1. The zero-order valence-electron chi connectivity index (χ0n) is 9.20. The number of nitrogens with one attached hydrogen (secondary N) is 1. The topological polar surface area (TPSA) is 122 Å². The van der Waals surface area contributed by atoms with Crippen LogP contribution in [0.15, 0.2) is 0 Å². The normalized spacial score (nSPS) is 29.9. The van der Waals surface area contributed by atoms with E-state index in [0.29, 0.717) is 0 Å². The predicted molar refractivity (Wildman–Crippen MR) is 55.5 cm³/mol. The lowest BCUT2D eigenvalue weighted by atomic mass is 10.0. The number of amides is 1. The highest BCUT2D eigenvalue weighted by Gasteiger charge is 2.31. The number of hydrogen-bond acceptors (Lipinski definition) is 6. The number of hydrogen-bond donors (Lipinski definition) is 3. The fourth-order valence-corrected chi connectivity index (χ4v) is 1.85. The van der Waals surface area contributed by atoms with Crippen molar-refractivity contribution >= 4 is 16.3 Å². The van der Waals surface area contributed by atoms with Gasteiger partial charge in [0.05, 0.1) is 31.5 Å². The number of ether oxygens (including phenoxy) is 1. The minimum Gasteiger partial charge on any atom is -0.391 e. The van der Waals surface area contributed by atoms with E-state index in [2.05, 4.69) is 9.50 Å². The zero-order chi connectivity index (χ0) is 13.1. The average molecular weight is 269 g/mol. The Bertz CT molecular complexity index is 368. The second kappa shape index (κ2) is 5.74. The Morgan fingerprint density at radius 1 is 1.59 bits per heavy atom. The molecule has 3 atom stereocenters. The van der Waals surface area contributed by atoms with Gasteiger partial charge in [-0.3, -0.25) is 9.35 Å². The van der Waals surface area contributed by atoms with Gasteiger partial charge in [-0.2, -0.15) is 8.42 Å². The molecule has 0 aromatic rings. The van der Waals surface area contributed by atoms with Crippen molar-refractivity contribution in [3.8, 4) is 0 Å². The van der Waals surface area contributed by atoms with Crippen molar-refractivity contribution in [3.05, 3.63) is 0 Å². The van der Waals surface area contributed by atoms with Crippen LogP contribution in [-0.2, 0) is 24.1 Å². The van der Waals surface area contributed by atoms with E-state index in [4.69, 9.17) is 9.29 Å². The molecule has 8 nitrogen and oxygen atoms in total. The van der Waals surface area contributed by atoms with Crippen LogP contribution in [-0.4, -0.2) is 55.4 Å². The van der Waals surface area contributed by atoms with Crippen molar-refractivity contribution in [2.45, 2.75) is 31.6 Å². The molecule has 9 heteroatoms. The lowest BCUT2D eigenvalue weighted by Crippen LogP contribution is -2.52. The second-order valence-electron chi connectivity index (χ2n) is 3.78. The van der Waals surface area contributed by atoms with Gasteiger partial charge in [0, 0.05) is 13.3 Å². The van der Waals surface area contributed by atoms with Crippen LogP contribution in [0.3, 0.4) is 0 Å². The summed E-state index contributed by atoms with van der Waals surface area (Å²) in [5.41, 5.74) is 0. The Morgan fingerprint density at radius 2 is 2.24 bits per heavy atom. The molecule has 1 amide bonds. The molecule has 100 valence electrons. The summed E-state index contributed by atoms with van der Waals surface area (Å²) < 4.78 is 38.3. The summed E-state index contributed by atoms with van der Waals surface area (Å²) in [6.07, 6.45) is -1.37. The van der Waals surface area contributed by atoms with Gasteiger partial charge in [0.15, 0.2) is 0 Å². The van der Waals surface area contributed by atoms with Crippen molar-refractivity contribution in [2.75, 3.05) is 13.2 Å².